The van der Waals surface area contributed by atoms with Crippen LogP contribution in [-0.4, -0.2) is 9.78 Å². The minimum atomic E-state index is -0.726. The monoisotopic (exact) mass is 347 g/mol. The number of nitrogens with zero attached hydrogens (tertiary/aromatic N) is 2. The van der Waals surface area contributed by atoms with Gasteiger partial charge in [-0.15, -0.1) is 11.8 Å². The number of rotatable bonds is 3. The summed E-state index contributed by atoms with van der Waals surface area (Å²) in [6.45, 7) is 12.0. The van der Waals surface area contributed by atoms with Crippen LogP contribution in [0.2, 0.25) is 0 Å². The van der Waals surface area contributed by atoms with E-state index in [-0.39, 0.29) is 5.41 Å². The molecule has 2 rings (SSSR count). The summed E-state index contributed by atoms with van der Waals surface area (Å²) >= 11 is 1.30. The van der Waals surface area contributed by atoms with Crippen LogP contribution in [0.5, 0.6) is 0 Å². The first-order chi connectivity index (χ1) is 11.0. The van der Waals surface area contributed by atoms with Gasteiger partial charge in [-0.1, -0.05) is 45.0 Å². The standard InChI is InChI=1S/C19H25FN2OS/c1-18(2,3)14-9-7-13(8-10-14)12-24-15-11-21-22(19(4,5)6)17(23)16(15)20/h7-11H,12H2,1-6H3/i20-1. The van der Waals surface area contributed by atoms with Crippen molar-refractivity contribution in [3.05, 3.63) is 57.8 Å². The maximum atomic E-state index is 14.3. The first kappa shape index (κ1) is 18.7. The number of halogens is 1. The van der Waals surface area contributed by atoms with Gasteiger partial charge in [0.15, 0.2) is 0 Å². The van der Waals surface area contributed by atoms with E-state index in [1.165, 1.54) is 28.2 Å². The Kier molecular flexibility index (Phi) is 5.23. The average Bonchev–Trinajstić information content (AvgIpc) is 2.47. The summed E-state index contributed by atoms with van der Waals surface area (Å²) in [5, 5.41) is 4.11. The Hall–Kier alpha value is -1.62. The van der Waals surface area contributed by atoms with Crippen molar-refractivity contribution in [3.8, 4) is 0 Å². The second-order valence-electron chi connectivity index (χ2n) is 7.95. The summed E-state index contributed by atoms with van der Waals surface area (Å²) in [6, 6.07) is 8.30. The minimum Gasteiger partial charge on any atom is -0.264 e. The molecule has 0 aliphatic rings. The van der Waals surface area contributed by atoms with Gasteiger partial charge in [0.1, 0.15) is 0 Å². The molecule has 1 aromatic carbocycles. The Morgan fingerprint density at radius 2 is 1.67 bits per heavy atom. The lowest BCUT2D eigenvalue weighted by Crippen LogP contribution is -2.37. The van der Waals surface area contributed by atoms with Crippen molar-refractivity contribution in [2.75, 3.05) is 0 Å². The molecule has 0 saturated carbocycles. The minimum absolute atomic E-state index is 0.110. The molecule has 0 radical (unpaired) electrons. The molecule has 0 amide bonds. The molecule has 0 atom stereocenters. The van der Waals surface area contributed by atoms with Crippen LogP contribution in [-0.2, 0) is 16.7 Å². The fourth-order valence-electron chi connectivity index (χ4n) is 2.26. The zero-order chi connectivity index (χ0) is 18.1. The van der Waals surface area contributed by atoms with E-state index in [9.17, 15) is 9.18 Å². The number of thioether (sulfide) groups is 1. The Balaban J connectivity index is 2.16. The molecular formula is C19H25FN2OS. The summed E-state index contributed by atoms with van der Waals surface area (Å²) in [4.78, 5) is 12.4. The van der Waals surface area contributed by atoms with Crippen molar-refractivity contribution in [1.82, 2.24) is 9.78 Å². The van der Waals surface area contributed by atoms with Gasteiger partial charge in [-0.25, -0.2) is 4.68 Å². The molecule has 130 valence electrons. The van der Waals surface area contributed by atoms with Crippen molar-refractivity contribution < 1.29 is 4.39 Å². The van der Waals surface area contributed by atoms with Crippen molar-refractivity contribution in [1.29, 1.82) is 0 Å². The van der Waals surface area contributed by atoms with Gasteiger partial charge in [-0.2, -0.15) is 9.49 Å². The molecule has 1 aromatic heterocycles. The van der Waals surface area contributed by atoms with Crippen LogP contribution in [0.15, 0.2) is 40.2 Å². The van der Waals surface area contributed by atoms with Gasteiger partial charge in [0.05, 0.1) is 16.6 Å². The van der Waals surface area contributed by atoms with E-state index in [0.29, 0.717) is 10.6 Å². The number of hydrogen-bond acceptors (Lipinski definition) is 3. The molecule has 0 unspecified atom stereocenters. The van der Waals surface area contributed by atoms with Crippen LogP contribution < -0.4 is 5.56 Å². The second kappa shape index (κ2) is 6.71. The zero-order valence-corrected chi connectivity index (χ0v) is 16.0. The number of aromatic nitrogens is 2. The fraction of sp³-hybridized carbons (Fsp3) is 0.474. The molecule has 5 heteroatoms. The van der Waals surface area contributed by atoms with E-state index < -0.39 is 16.9 Å². The predicted molar refractivity (Wildman–Crippen MR) is 98.2 cm³/mol. The Morgan fingerprint density at radius 1 is 1.08 bits per heavy atom. The topological polar surface area (TPSA) is 34.9 Å². The highest BCUT2D eigenvalue weighted by Gasteiger charge is 2.20. The van der Waals surface area contributed by atoms with Crippen LogP contribution in [0.3, 0.4) is 0 Å². The molecule has 0 aliphatic heterocycles. The first-order valence-electron chi connectivity index (χ1n) is 8.00. The average molecular weight is 347 g/mol. The highest BCUT2D eigenvalue weighted by atomic mass is 32.2. The molecule has 0 aliphatic carbocycles. The third-order valence-electron chi connectivity index (χ3n) is 3.74. The predicted octanol–water partition coefficient (Wildman–Crippen LogP) is 4.73. The molecular weight excluding hydrogens is 322 g/mol. The maximum Gasteiger partial charge on any atom is 0.304 e. The van der Waals surface area contributed by atoms with E-state index >= 15 is 0 Å². The van der Waals surface area contributed by atoms with Crippen LogP contribution >= 0.6 is 11.8 Å². The van der Waals surface area contributed by atoms with E-state index in [1.54, 1.807) is 0 Å². The van der Waals surface area contributed by atoms with Gasteiger partial charge < -0.3 is 0 Å². The zero-order valence-electron chi connectivity index (χ0n) is 15.2. The SMILES string of the molecule is CC(C)(C)c1ccc(CSc2cnn(C(C)(C)C)c(=O)c2[18F])cc1. The summed E-state index contributed by atoms with van der Waals surface area (Å²) in [5.74, 6) is -0.127. The van der Waals surface area contributed by atoms with Crippen LogP contribution in [0.1, 0.15) is 52.7 Å². The van der Waals surface area contributed by atoms with E-state index in [2.05, 4.69) is 50.1 Å². The van der Waals surface area contributed by atoms with E-state index in [4.69, 9.17) is 0 Å². The number of hydrogen-bond donors (Lipinski definition) is 0. The molecule has 24 heavy (non-hydrogen) atoms. The summed E-state index contributed by atoms with van der Waals surface area (Å²) < 4.78 is 15.5. The van der Waals surface area contributed by atoms with Gasteiger partial charge in [0.2, 0.25) is 5.82 Å². The van der Waals surface area contributed by atoms with Gasteiger partial charge in [-0.3, -0.25) is 4.79 Å². The van der Waals surface area contributed by atoms with Gasteiger partial charge >= 0.3 is 5.56 Å². The highest BCUT2D eigenvalue weighted by Crippen LogP contribution is 2.26. The van der Waals surface area contributed by atoms with E-state index in [0.717, 1.165) is 5.56 Å². The molecule has 0 saturated heterocycles. The quantitative estimate of drug-likeness (QED) is 0.753. The second-order valence-corrected chi connectivity index (χ2v) is 8.96. The molecule has 2 aromatic rings. The molecule has 0 fully saturated rings. The van der Waals surface area contributed by atoms with Gasteiger partial charge in [0.25, 0.3) is 0 Å². The fourth-order valence-corrected chi connectivity index (χ4v) is 3.11. The maximum absolute atomic E-state index is 14.3. The van der Waals surface area contributed by atoms with Crippen LogP contribution in [0.25, 0.3) is 0 Å². The van der Waals surface area contributed by atoms with Crippen molar-refractivity contribution >= 4 is 11.8 Å². The Bertz CT molecular complexity index is 768. The van der Waals surface area contributed by atoms with Crippen LogP contribution in [0, 0.1) is 5.82 Å². The molecule has 3 nitrogen and oxygen atoms in total. The Morgan fingerprint density at radius 3 is 2.17 bits per heavy atom. The van der Waals surface area contributed by atoms with Crippen LogP contribution in [0.4, 0.5) is 4.39 Å². The third-order valence-corrected chi connectivity index (χ3v) is 4.81. The summed E-state index contributed by atoms with van der Waals surface area (Å²) in [7, 11) is 0. The summed E-state index contributed by atoms with van der Waals surface area (Å²) in [6.07, 6.45) is 1.44. The normalized spacial score (nSPS) is 12.5. The largest absolute Gasteiger partial charge is 0.304 e. The first-order valence-corrected chi connectivity index (χ1v) is 8.99. The Labute approximate surface area is 147 Å². The van der Waals surface area contributed by atoms with E-state index in [1.807, 2.05) is 20.8 Å². The van der Waals surface area contributed by atoms with Gasteiger partial charge in [-0.05, 0) is 37.3 Å². The molecule has 0 spiro atoms. The summed E-state index contributed by atoms with van der Waals surface area (Å²) in [5.41, 5.74) is 1.25. The lowest BCUT2D eigenvalue weighted by Gasteiger charge is -2.20. The van der Waals surface area contributed by atoms with Crippen molar-refractivity contribution in [2.45, 2.75) is 63.1 Å². The molecule has 0 N–H and O–H groups in total. The lowest BCUT2D eigenvalue weighted by atomic mass is 9.87. The van der Waals surface area contributed by atoms with Crippen molar-refractivity contribution in [3.63, 3.8) is 0 Å². The number of benzene rings is 1. The van der Waals surface area contributed by atoms with Crippen molar-refractivity contribution in [2.24, 2.45) is 0 Å². The highest BCUT2D eigenvalue weighted by molar-refractivity contribution is 7.98. The molecule has 0 bridgehead atoms. The third kappa shape index (κ3) is 4.26. The van der Waals surface area contributed by atoms with Gasteiger partial charge in [0, 0.05) is 5.75 Å². The smallest absolute Gasteiger partial charge is 0.264 e. The lowest BCUT2D eigenvalue weighted by molar-refractivity contribution is 0.323. The molecule has 1 heterocycles.